The fourth-order valence-electron chi connectivity index (χ4n) is 3.34. The zero-order chi connectivity index (χ0) is 17.9. The van der Waals surface area contributed by atoms with Crippen LogP contribution in [0.25, 0.3) is 0 Å². The van der Waals surface area contributed by atoms with Crippen molar-refractivity contribution in [3.05, 3.63) is 24.3 Å². The Morgan fingerprint density at radius 2 is 1.92 bits per heavy atom. The number of ether oxygens (including phenoxy) is 3. The highest BCUT2D eigenvalue weighted by Gasteiger charge is 2.46. The SMILES string of the molecule is COc1ccccc1OC1(C(=O)O)CCN(C(=O)[C@H]2CCCO2)CC1. The van der Waals surface area contributed by atoms with Gasteiger partial charge >= 0.3 is 5.97 Å². The van der Waals surface area contributed by atoms with Gasteiger partial charge in [0.05, 0.1) is 7.11 Å². The minimum atomic E-state index is -1.36. The van der Waals surface area contributed by atoms with Crippen LogP contribution in [0.3, 0.4) is 0 Å². The van der Waals surface area contributed by atoms with Gasteiger partial charge in [-0.3, -0.25) is 4.79 Å². The normalized spacial score (nSPS) is 22.4. The number of piperidine rings is 1. The van der Waals surface area contributed by atoms with Crippen LogP contribution in [0.4, 0.5) is 0 Å². The predicted molar refractivity (Wildman–Crippen MR) is 88.8 cm³/mol. The summed E-state index contributed by atoms with van der Waals surface area (Å²) in [5, 5.41) is 9.76. The molecular formula is C18H23NO6. The molecule has 0 saturated carbocycles. The second kappa shape index (κ2) is 7.31. The van der Waals surface area contributed by atoms with Crippen molar-refractivity contribution in [1.82, 2.24) is 4.90 Å². The third-order valence-corrected chi connectivity index (χ3v) is 4.85. The van der Waals surface area contributed by atoms with Gasteiger partial charge in [-0.1, -0.05) is 12.1 Å². The summed E-state index contributed by atoms with van der Waals surface area (Å²) in [5.41, 5.74) is -1.36. The first-order chi connectivity index (χ1) is 12.1. The minimum absolute atomic E-state index is 0.0474. The summed E-state index contributed by atoms with van der Waals surface area (Å²) in [6.07, 6.45) is 1.68. The van der Waals surface area contributed by atoms with E-state index in [4.69, 9.17) is 14.2 Å². The average molecular weight is 349 g/mol. The van der Waals surface area contributed by atoms with E-state index in [1.807, 2.05) is 0 Å². The fourth-order valence-corrected chi connectivity index (χ4v) is 3.34. The van der Waals surface area contributed by atoms with Crippen LogP contribution in [-0.4, -0.2) is 60.4 Å². The van der Waals surface area contributed by atoms with Gasteiger partial charge in [-0.2, -0.15) is 0 Å². The van der Waals surface area contributed by atoms with E-state index >= 15 is 0 Å². The molecule has 3 rings (SSSR count). The summed E-state index contributed by atoms with van der Waals surface area (Å²) < 4.78 is 16.6. The minimum Gasteiger partial charge on any atom is -0.493 e. The van der Waals surface area contributed by atoms with Crippen LogP contribution in [0.5, 0.6) is 11.5 Å². The van der Waals surface area contributed by atoms with Gasteiger partial charge in [-0.25, -0.2) is 4.79 Å². The van der Waals surface area contributed by atoms with E-state index in [2.05, 4.69) is 0 Å². The molecule has 1 aromatic carbocycles. The van der Waals surface area contributed by atoms with Crippen molar-refractivity contribution in [1.29, 1.82) is 0 Å². The maximum Gasteiger partial charge on any atom is 0.348 e. The summed E-state index contributed by atoms with van der Waals surface area (Å²) in [7, 11) is 1.51. The topological polar surface area (TPSA) is 85.3 Å². The van der Waals surface area contributed by atoms with Gasteiger partial charge in [0.25, 0.3) is 5.91 Å². The lowest BCUT2D eigenvalue weighted by molar-refractivity contribution is -0.163. The molecule has 0 aliphatic carbocycles. The van der Waals surface area contributed by atoms with Gasteiger partial charge in [-0.15, -0.1) is 0 Å². The second-order valence-corrected chi connectivity index (χ2v) is 6.38. The van der Waals surface area contributed by atoms with E-state index in [9.17, 15) is 14.7 Å². The van der Waals surface area contributed by atoms with Crippen LogP contribution in [-0.2, 0) is 14.3 Å². The Bertz CT molecular complexity index is 632. The average Bonchev–Trinajstić information content (AvgIpc) is 3.17. The third kappa shape index (κ3) is 3.56. The van der Waals surface area contributed by atoms with E-state index in [0.717, 1.165) is 12.8 Å². The number of carbonyl (C=O) groups excluding carboxylic acids is 1. The summed E-state index contributed by atoms with van der Waals surface area (Å²) in [5.74, 6) is -0.191. The predicted octanol–water partition coefficient (Wildman–Crippen LogP) is 1.70. The number of aliphatic carboxylic acids is 1. The van der Waals surface area contributed by atoms with E-state index < -0.39 is 11.6 Å². The molecule has 0 unspecified atom stereocenters. The molecule has 0 spiro atoms. The van der Waals surface area contributed by atoms with Crippen LogP contribution < -0.4 is 9.47 Å². The van der Waals surface area contributed by atoms with Crippen molar-refractivity contribution in [3.63, 3.8) is 0 Å². The highest BCUT2D eigenvalue weighted by atomic mass is 16.5. The summed E-state index contributed by atoms with van der Waals surface area (Å²) in [4.78, 5) is 26.0. The number of para-hydroxylation sites is 2. The molecule has 2 aliphatic heterocycles. The van der Waals surface area contributed by atoms with Crippen LogP contribution in [0.15, 0.2) is 24.3 Å². The number of rotatable bonds is 5. The van der Waals surface area contributed by atoms with Crippen LogP contribution >= 0.6 is 0 Å². The molecule has 1 atom stereocenters. The standard InChI is InChI=1S/C18H23NO6/c1-23-13-5-2-3-6-14(13)25-18(17(21)22)8-10-19(11-9-18)16(20)15-7-4-12-24-15/h2-3,5-6,15H,4,7-12H2,1H3,(H,21,22)/t15-/m1/s1. The second-order valence-electron chi connectivity index (χ2n) is 6.38. The molecule has 1 aromatic rings. The van der Waals surface area contributed by atoms with E-state index in [1.165, 1.54) is 7.11 Å². The number of nitrogens with zero attached hydrogens (tertiary/aromatic N) is 1. The molecule has 1 N–H and O–H groups in total. The van der Waals surface area contributed by atoms with Crippen molar-refractivity contribution in [2.45, 2.75) is 37.4 Å². The highest BCUT2D eigenvalue weighted by Crippen LogP contribution is 2.35. The van der Waals surface area contributed by atoms with E-state index in [0.29, 0.717) is 31.2 Å². The van der Waals surface area contributed by atoms with Gasteiger partial charge in [0.1, 0.15) is 6.10 Å². The Balaban J connectivity index is 1.70. The summed E-state index contributed by atoms with van der Waals surface area (Å²) in [6.45, 7) is 1.28. The van der Waals surface area contributed by atoms with Crippen molar-refractivity contribution in [3.8, 4) is 11.5 Å². The smallest absolute Gasteiger partial charge is 0.348 e. The number of hydrogen-bond donors (Lipinski definition) is 1. The molecule has 2 aliphatic rings. The highest BCUT2D eigenvalue weighted by molar-refractivity contribution is 5.82. The van der Waals surface area contributed by atoms with Gasteiger partial charge in [0.2, 0.25) is 5.60 Å². The first-order valence-corrected chi connectivity index (χ1v) is 8.51. The lowest BCUT2D eigenvalue weighted by atomic mass is 9.90. The molecule has 1 amide bonds. The number of hydrogen-bond acceptors (Lipinski definition) is 5. The first-order valence-electron chi connectivity index (χ1n) is 8.51. The number of likely N-dealkylation sites (tertiary alicyclic amines) is 1. The Hall–Kier alpha value is -2.28. The van der Waals surface area contributed by atoms with Crippen molar-refractivity contribution in [2.75, 3.05) is 26.8 Å². The van der Waals surface area contributed by atoms with Gasteiger partial charge in [0.15, 0.2) is 11.5 Å². The lowest BCUT2D eigenvalue weighted by Gasteiger charge is -2.39. The molecule has 25 heavy (non-hydrogen) atoms. The number of benzene rings is 1. The van der Waals surface area contributed by atoms with Crippen molar-refractivity contribution in [2.24, 2.45) is 0 Å². The molecule has 2 saturated heterocycles. The molecule has 0 radical (unpaired) electrons. The molecule has 7 nitrogen and oxygen atoms in total. The number of carboxylic acids is 1. The lowest BCUT2D eigenvalue weighted by Crippen LogP contribution is -2.55. The van der Waals surface area contributed by atoms with Crippen LogP contribution in [0.2, 0.25) is 0 Å². The number of methoxy groups -OCH3 is 1. The zero-order valence-corrected chi connectivity index (χ0v) is 14.3. The largest absolute Gasteiger partial charge is 0.493 e. The zero-order valence-electron chi connectivity index (χ0n) is 14.3. The van der Waals surface area contributed by atoms with Crippen molar-refractivity contribution < 1.29 is 28.9 Å². The number of carbonyl (C=O) groups is 2. The molecule has 0 aromatic heterocycles. The van der Waals surface area contributed by atoms with Gasteiger partial charge < -0.3 is 24.2 Å². The quantitative estimate of drug-likeness (QED) is 0.871. The Kier molecular flexibility index (Phi) is 5.13. The molecule has 2 heterocycles. The summed E-state index contributed by atoms with van der Waals surface area (Å²) in [6, 6.07) is 6.97. The first kappa shape index (κ1) is 17.5. The van der Waals surface area contributed by atoms with Crippen LogP contribution in [0.1, 0.15) is 25.7 Å². The molecule has 136 valence electrons. The third-order valence-electron chi connectivity index (χ3n) is 4.85. The summed E-state index contributed by atoms with van der Waals surface area (Å²) >= 11 is 0. The fraction of sp³-hybridized carbons (Fsp3) is 0.556. The van der Waals surface area contributed by atoms with Crippen molar-refractivity contribution >= 4 is 11.9 Å². The molecule has 2 fully saturated rings. The number of amides is 1. The van der Waals surface area contributed by atoms with E-state index in [-0.39, 0.29) is 24.9 Å². The monoisotopic (exact) mass is 349 g/mol. The maximum absolute atomic E-state index is 12.4. The molecule has 0 bridgehead atoms. The Labute approximate surface area is 146 Å². The van der Waals surface area contributed by atoms with E-state index in [1.54, 1.807) is 29.2 Å². The molecular weight excluding hydrogens is 326 g/mol. The van der Waals surface area contributed by atoms with Gasteiger partial charge in [0, 0.05) is 32.5 Å². The maximum atomic E-state index is 12.4. The molecule has 7 heteroatoms. The number of carboxylic acid groups (broad SMARTS) is 1. The van der Waals surface area contributed by atoms with Crippen LogP contribution in [0, 0.1) is 0 Å². The Morgan fingerprint density at radius 3 is 2.48 bits per heavy atom. The van der Waals surface area contributed by atoms with Gasteiger partial charge in [-0.05, 0) is 25.0 Å². The Morgan fingerprint density at radius 1 is 1.24 bits per heavy atom.